The molecule has 0 radical (unpaired) electrons. The fourth-order valence-corrected chi connectivity index (χ4v) is 3.54. The van der Waals surface area contributed by atoms with Crippen LogP contribution in [0.1, 0.15) is 27.4 Å². The number of ether oxygens (including phenoxy) is 1. The lowest BCUT2D eigenvalue weighted by Crippen LogP contribution is -2.15. The number of anilines is 1. The van der Waals surface area contributed by atoms with Crippen molar-refractivity contribution in [3.05, 3.63) is 98.3 Å². The quantitative estimate of drug-likeness (QED) is 0.277. The molecule has 1 N–H and O–H groups in total. The molecule has 12 heteroatoms. The lowest BCUT2D eigenvalue weighted by molar-refractivity contribution is -0.386. The largest absolute Gasteiger partial charge is 0.464 e. The molecule has 4 rings (SSSR count). The number of benzene rings is 2. The molecule has 0 unspecified atom stereocenters. The number of nitrogens with one attached hydrogen (secondary N) is 1. The highest BCUT2D eigenvalue weighted by Gasteiger charge is 2.19. The van der Waals surface area contributed by atoms with Gasteiger partial charge in [-0.3, -0.25) is 19.6 Å². The predicted octanol–water partition coefficient (Wildman–Crippen LogP) is 4.73. The van der Waals surface area contributed by atoms with Gasteiger partial charge in [-0.1, -0.05) is 23.7 Å². The number of hydrogen-bond donors (Lipinski definition) is 1. The van der Waals surface area contributed by atoms with E-state index in [0.29, 0.717) is 22.9 Å². The molecule has 2 aromatic heterocycles. The monoisotopic (exact) mass is 498 g/mol. The van der Waals surface area contributed by atoms with Gasteiger partial charge in [0.25, 0.3) is 5.91 Å². The Morgan fingerprint density at radius 1 is 1.17 bits per heavy atom. The van der Waals surface area contributed by atoms with Gasteiger partial charge in [0.15, 0.2) is 12.4 Å². The van der Waals surface area contributed by atoms with Gasteiger partial charge >= 0.3 is 5.69 Å². The van der Waals surface area contributed by atoms with Crippen LogP contribution in [-0.4, -0.2) is 30.4 Å². The Kier molecular flexibility index (Phi) is 6.78. The molecule has 0 saturated heterocycles. The van der Waals surface area contributed by atoms with Crippen LogP contribution in [0.15, 0.2) is 54.7 Å². The number of halogens is 2. The van der Waals surface area contributed by atoms with E-state index in [1.54, 1.807) is 23.7 Å². The third-order valence-electron chi connectivity index (χ3n) is 5.21. The molecule has 10 nitrogen and oxygen atoms in total. The molecule has 2 heterocycles. The summed E-state index contributed by atoms with van der Waals surface area (Å²) in [5.41, 5.74) is 2.72. The van der Waals surface area contributed by atoms with Crippen molar-refractivity contribution in [3.63, 3.8) is 0 Å². The van der Waals surface area contributed by atoms with Crippen molar-refractivity contribution in [3.8, 4) is 5.75 Å². The molecule has 35 heavy (non-hydrogen) atoms. The minimum Gasteiger partial charge on any atom is -0.464 e. The van der Waals surface area contributed by atoms with Crippen LogP contribution in [0.3, 0.4) is 0 Å². The number of hydrogen-bond acceptors (Lipinski definition) is 6. The normalized spacial score (nSPS) is 10.9. The maximum atomic E-state index is 13.5. The fraction of sp³-hybridized carbons (Fsp3) is 0.174. The van der Waals surface area contributed by atoms with E-state index in [9.17, 15) is 19.3 Å². The standard InChI is InChI=1S/C23H20ClFN6O4/c1-14-22(15(2)30(27-14)12-16-3-5-17(24)6-4-16)26-23(32)19-9-10-29(28-19)13-35-21-11-18(25)7-8-20(21)31(33)34/h3-11H,12-13H2,1-2H3,(H,26,32). The molecule has 1 amide bonds. The Balaban J connectivity index is 1.43. The van der Waals surface area contributed by atoms with Gasteiger partial charge in [0.1, 0.15) is 5.82 Å². The van der Waals surface area contributed by atoms with E-state index >= 15 is 0 Å². The van der Waals surface area contributed by atoms with Gasteiger partial charge in [-0.25, -0.2) is 9.07 Å². The molecular weight excluding hydrogens is 479 g/mol. The van der Waals surface area contributed by atoms with E-state index in [1.165, 1.54) is 16.9 Å². The zero-order valence-corrected chi connectivity index (χ0v) is 19.5. The number of nitro groups is 1. The second-order valence-corrected chi connectivity index (χ2v) is 8.10. The molecule has 0 saturated carbocycles. The van der Waals surface area contributed by atoms with Crippen molar-refractivity contribution >= 4 is 28.9 Å². The first-order valence-electron chi connectivity index (χ1n) is 10.4. The highest BCUT2D eigenvalue weighted by atomic mass is 35.5. The summed E-state index contributed by atoms with van der Waals surface area (Å²) in [4.78, 5) is 23.2. The number of nitrogens with zero attached hydrogens (tertiary/aromatic N) is 5. The Hall–Kier alpha value is -4.25. The van der Waals surface area contributed by atoms with Crippen LogP contribution in [-0.2, 0) is 13.3 Å². The maximum absolute atomic E-state index is 13.5. The number of nitro benzene ring substituents is 1. The van der Waals surface area contributed by atoms with Gasteiger partial charge in [-0.15, -0.1) is 0 Å². The van der Waals surface area contributed by atoms with E-state index in [2.05, 4.69) is 15.5 Å². The second kappa shape index (κ2) is 9.94. The van der Waals surface area contributed by atoms with Crippen LogP contribution >= 0.6 is 11.6 Å². The first kappa shape index (κ1) is 23.9. The highest BCUT2D eigenvalue weighted by Crippen LogP contribution is 2.27. The summed E-state index contributed by atoms with van der Waals surface area (Å²) >= 11 is 5.94. The average molecular weight is 499 g/mol. The van der Waals surface area contributed by atoms with Gasteiger partial charge < -0.3 is 10.1 Å². The smallest absolute Gasteiger partial charge is 0.311 e. The van der Waals surface area contributed by atoms with Crippen LogP contribution in [0.2, 0.25) is 5.02 Å². The first-order chi connectivity index (χ1) is 16.7. The van der Waals surface area contributed by atoms with Gasteiger partial charge in [0, 0.05) is 23.4 Å². The topological polar surface area (TPSA) is 117 Å². The molecule has 0 aliphatic heterocycles. The van der Waals surface area contributed by atoms with Gasteiger partial charge in [-0.05, 0) is 43.7 Å². The predicted molar refractivity (Wildman–Crippen MR) is 126 cm³/mol. The molecule has 0 aliphatic rings. The van der Waals surface area contributed by atoms with E-state index < -0.39 is 16.6 Å². The van der Waals surface area contributed by atoms with E-state index in [4.69, 9.17) is 16.3 Å². The van der Waals surface area contributed by atoms with Crippen LogP contribution < -0.4 is 10.1 Å². The van der Waals surface area contributed by atoms with E-state index in [1.807, 2.05) is 19.1 Å². The van der Waals surface area contributed by atoms with Crippen LogP contribution in [0.25, 0.3) is 0 Å². The third-order valence-corrected chi connectivity index (χ3v) is 5.46. The number of aryl methyl sites for hydroxylation is 1. The lowest BCUT2D eigenvalue weighted by Gasteiger charge is -2.07. The SMILES string of the molecule is Cc1nn(Cc2ccc(Cl)cc2)c(C)c1NC(=O)c1ccn(COc2cc(F)ccc2[N+](=O)[O-])n1. The number of amides is 1. The average Bonchev–Trinajstić information content (AvgIpc) is 3.39. The maximum Gasteiger partial charge on any atom is 0.311 e. The molecular formula is C23H20ClFN6O4. The fourth-order valence-electron chi connectivity index (χ4n) is 3.42. The van der Waals surface area contributed by atoms with E-state index in [0.717, 1.165) is 29.5 Å². The van der Waals surface area contributed by atoms with Crippen molar-refractivity contribution in [2.75, 3.05) is 5.32 Å². The number of aromatic nitrogens is 4. The Labute approximate surface area is 204 Å². The number of carbonyl (C=O) groups is 1. The molecule has 0 bridgehead atoms. The van der Waals surface area contributed by atoms with E-state index in [-0.39, 0.29) is 23.9 Å². The van der Waals surface area contributed by atoms with Crippen molar-refractivity contribution in [1.82, 2.24) is 19.6 Å². The lowest BCUT2D eigenvalue weighted by atomic mass is 10.2. The summed E-state index contributed by atoms with van der Waals surface area (Å²) in [5, 5.41) is 23.2. The Bertz CT molecular complexity index is 1400. The zero-order chi connectivity index (χ0) is 25.1. The van der Waals surface area contributed by atoms with Crippen LogP contribution in [0.5, 0.6) is 5.75 Å². The highest BCUT2D eigenvalue weighted by molar-refractivity contribution is 6.30. The van der Waals surface area contributed by atoms with Gasteiger partial charge in [0.2, 0.25) is 5.75 Å². The van der Waals surface area contributed by atoms with Crippen molar-refractivity contribution in [2.45, 2.75) is 27.1 Å². The van der Waals surface area contributed by atoms with Gasteiger partial charge in [-0.2, -0.15) is 10.2 Å². The molecule has 180 valence electrons. The Morgan fingerprint density at radius 2 is 1.91 bits per heavy atom. The number of rotatable bonds is 8. The van der Waals surface area contributed by atoms with Gasteiger partial charge in [0.05, 0.1) is 28.5 Å². The summed E-state index contributed by atoms with van der Waals surface area (Å²) in [6.45, 7) is 3.90. The molecule has 0 atom stereocenters. The third kappa shape index (κ3) is 5.46. The minimum absolute atomic E-state index is 0.103. The summed E-state index contributed by atoms with van der Waals surface area (Å²) in [5.74, 6) is -1.37. The summed E-state index contributed by atoms with van der Waals surface area (Å²) in [7, 11) is 0. The Morgan fingerprint density at radius 3 is 2.63 bits per heavy atom. The summed E-state index contributed by atoms with van der Waals surface area (Å²) in [6, 6.07) is 11.8. The van der Waals surface area contributed by atoms with Crippen LogP contribution in [0.4, 0.5) is 15.8 Å². The first-order valence-corrected chi connectivity index (χ1v) is 10.8. The molecule has 0 fully saturated rings. The van der Waals surface area contributed by atoms with Crippen molar-refractivity contribution < 1.29 is 18.8 Å². The van der Waals surface area contributed by atoms with Crippen molar-refractivity contribution in [2.24, 2.45) is 0 Å². The molecule has 0 spiro atoms. The summed E-state index contributed by atoms with van der Waals surface area (Å²) in [6.07, 6.45) is 1.48. The van der Waals surface area contributed by atoms with Crippen molar-refractivity contribution in [1.29, 1.82) is 0 Å². The zero-order valence-electron chi connectivity index (χ0n) is 18.7. The molecule has 2 aromatic carbocycles. The number of carbonyl (C=O) groups excluding carboxylic acids is 1. The minimum atomic E-state index is -0.673. The van der Waals surface area contributed by atoms with Crippen LogP contribution in [0, 0.1) is 29.8 Å². The summed E-state index contributed by atoms with van der Waals surface area (Å²) < 4.78 is 21.9. The molecule has 0 aliphatic carbocycles. The molecule has 4 aromatic rings. The second-order valence-electron chi connectivity index (χ2n) is 7.67.